The number of H-pyrrole nitrogens is 1. The molecule has 1 N–H and O–H groups in total. The zero-order chi connectivity index (χ0) is 39.7. The number of carbonyl (C=O) groups is 1. The number of aryl methyl sites for hydroxylation is 1. The number of aromatic amines is 1. The van der Waals surface area contributed by atoms with Crippen molar-refractivity contribution in [3.8, 4) is 6.07 Å². The number of rotatable bonds is 3. The van der Waals surface area contributed by atoms with E-state index in [2.05, 4.69) is 9.72 Å². The summed E-state index contributed by atoms with van der Waals surface area (Å²) in [5, 5.41) is 9.84. The first-order chi connectivity index (χ1) is 24.2. The van der Waals surface area contributed by atoms with Crippen molar-refractivity contribution in [1.29, 1.82) is 5.26 Å². The summed E-state index contributed by atoms with van der Waals surface area (Å²) in [5.74, 6) is -0.651. The van der Waals surface area contributed by atoms with Gasteiger partial charge in [0, 0.05) is 83.1 Å². The normalized spacial score (nSPS) is 35.9. The molecule has 0 amide bonds. The Morgan fingerprint density at radius 1 is 1.22 bits per heavy atom. The molecule has 0 saturated carbocycles. The van der Waals surface area contributed by atoms with E-state index in [1.54, 1.807) is 0 Å². The van der Waals surface area contributed by atoms with Crippen LogP contribution in [0.3, 0.4) is 0 Å². The van der Waals surface area contributed by atoms with Crippen molar-refractivity contribution in [3.05, 3.63) is 63.8 Å². The molecule has 1 aromatic heterocycles. The highest BCUT2D eigenvalue weighted by Crippen LogP contribution is 2.46. The molecule has 0 unspecified atom stereocenters. The van der Waals surface area contributed by atoms with E-state index in [0.29, 0.717) is 15.8 Å². The van der Waals surface area contributed by atoms with Gasteiger partial charge in [-0.25, -0.2) is 0 Å². The van der Waals surface area contributed by atoms with Crippen molar-refractivity contribution in [2.45, 2.75) is 51.4 Å². The Labute approximate surface area is 236 Å². The van der Waals surface area contributed by atoms with Crippen LogP contribution in [0, 0.1) is 11.3 Å². The molecule has 2 aliphatic heterocycles. The van der Waals surface area contributed by atoms with Gasteiger partial charge in [-0.05, 0) is 54.6 Å². The number of ketones is 1. The number of nitrogens with one attached hydrogen (secondary N) is 1. The average molecular weight is 500 g/mol. The number of ether oxygens (including phenoxy) is 1. The second-order valence-corrected chi connectivity index (χ2v) is 8.86. The lowest BCUT2D eigenvalue weighted by molar-refractivity contribution is 0.0115. The summed E-state index contributed by atoms with van der Waals surface area (Å²) in [6, 6.07) is 6.88. The summed E-state index contributed by atoms with van der Waals surface area (Å²) >= 11 is 0. The molecule has 3 heterocycles. The maximum Gasteiger partial charge on any atom is 0.195 e. The highest BCUT2D eigenvalue weighted by molar-refractivity contribution is 6.20. The fraction of sp³-hybridized carbons (Fsp3) is 0.467. The lowest BCUT2D eigenvalue weighted by Gasteiger charge is -2.42. The molecule has 6 heteroatoms. The summed E-state index contributed by atoms with van der Waals surface area (Å²) in [6.45, 7) is -21.9. The number of nitriles is 1. The van der Waals surface area contributed by atoms with Gasteiger partial charge in [0.15, 0.2) is 5.78 Å². The molecule has 2 aromatic carbocycles. The van der Waals surface area contributed by atoms with E-state index >= 15 is 0 Å². The smallest absolute Gasteiger partial charge is 0.195 e. The van der Waals surface area contributed by atoms with E-state index in [-0.39, 0.29) is 32.8 Å². The van der Waals surface area contributed by atoms with Crippen molar-refractivity contribution >= 4 is 22.4 Å². The highest BCUT2D eigenvalue weighted by atomic mass is 16.5. The van der Waals surface area contributed by atoms with Crippen molar-refractivity contribution in [2.75, 3.05) is 44.0 Å². The molecular formula is C30H34N4O2. The van der Waals surface area contributed by atoms with E-state index in [0.717, 1.165) is 12.1 Å². The maximum absolute atomic E-state index is 14.3. The highest BCUT2D eigenvalue weighted by Gasteiger charge is 2.40. The van der Waals surface area contributed by atoms with Crippen LogP contribution in [0.5, 0.6) is 0 Å². The third-order valence-corrected chi connectivity index (χ3v) is 6.73. The van der Waals surface area contributed by atoms with Crippen LogP contribution in [0.4, 0.5) is 5.69 Å². The van der Waals surface area contributed by atoms with E-state index < -0.39 is 108 Å². The van der Waals surface area contributed by atoms with Crippen molar-refractivity contribution in [3.63, 3.8) is 0 Å². The molecule has 0 radical (unpaired) electrons. The Morgan fingerprint density at radius 3 is 2.75 bits per heavy atom. The first-order valence-electron chi connectivity index (χ1n) is 20.3. The zero-order valence-corrected chi connectivity index (χ0v) is 19.2. The predicted molar refractivity (Wildman–Crippen MR) is 142 cm³/mol. The molecule has 3 aromatic rings. The molecule has 2 saturated heterocycles. The fourth-order valence-corrected chi connectivity index (χ4v) is 4.88. The van der Waals surface area contributed by atoms with Crippen molar-refractivity contribution < 1.29 is 32.8 Å². The van der Waals surface area contributed by atoms with Crippen LogP contribution in [-0.2, 0) is 16.5 Å². The summed E-state index contributed by atoms with van der Waals surface area (Å²) in [4.78, 5) is 18.1. The first-order valence-corrected chi connectivity index (χ1v) is 11.2. The van der Waals surface area contributed by atoms with Crippen LogP contribution in [-0.4, -0.2) is 60.8 Å². The second kappa shape index (κ2) is 8.76. The third-order valence-electron chi connectivity index (χ3n) is 6.73. The number of benzene rings is 2. The Kier molecular flexibility index (Phi) is 2.70. The molecule has 1 aliphatic carbocycles. The Morgan fingerprint density at radius 2 is 2.03 bits per heavy atom. The van der Waals surface area contributed by atoms with E-state index in [1.165, 1.54) is 18.2 Å². The molecule has 2 fully saturated rings. The van der Waals surface area contributed by atoms with Crippen LogP contribution < -0.4 is 4.90 Å². The topological polar surface area (TPSA) is 72.4 Å². The first kappa shape index (κ1) is 11.1. The standard InChI is InChI=1S/C30H34N4O2/c1-4-20-16-23-24(17-26(20)34-9-7-21(8-10-34)33-11-13-36-14-12-33)30(2,3)29-27(28(23)35)22-6-5-19(18-31)15-25(22)32-29/h5-6,15-17,21,32H,4,7-14H2,1-3H3/i1D,2D,3D,4D2,9D2,10D2,11D2,12D2,13D2,14D2. The van der Waals surface area contributed by atoms with E-state index in [4.69, 9.17) is 23.3 Å². The van der Waals surface area contributed by atoms with Gasteiger partial charge in [-0.15, -0.1) is 0 Å². The van der Waals surface area contributed by atoms with Crippen molar-refractivity contribution in [1.82, 2.24) is 9.88 Å². The summed E-state index contributed by atoms with van der Waals surface area (Å²) in [6.07, 6.45) is -4.58. The Bertz CT molecular complexity index is 2010. The minimum atomic E-state index is -3.48. The monoisotopic (exact) mass is 499 g/mol. The van der Waals surface area contributed by atoms with Gasteiger partial charge in [0.05, 0.1) is 35.8 Å². The molecule has 6 nitrogen and oxygen atoms in total. The van der Waals surface area contributed by atoms with Crippen LogP contribution in [0.15, 0.2) is 30.3 Å². The van der Waals surface area contributed by atoms with Gasteiger partial charge < -0.3 is 14.6 Å². The van der Waals surface area contributed by atoms with Gasteiger partial charge in [0.2, 0.25) is 0 Å². The number of hydrogen-bond acceptors (Lipinski definition) is 5. The number of morpholine rings is 1. The van der Waals surface area contributed by atoms with Crippen LogP contribution in [0.2, 0.25) is 0 Å². The number of carbonyl (C=O) groups excluding carboxylic acids is 1. The molecule has 3 aliphatic rings. The van der Waals surface area contributed by atoms with Gasteiger partial charge in [-0.1, -0.05) is 26.8 Å². The molecule has 0 bridgehead atoms. The second-order valence-electron chi connectivity index (χ2n) is 8.86. The SMILES string of the molecule is [2H]CC([2H])([2H])c1cc2c(cc1N1C([2H])([2H])CC(N3C([2H])([2H])C([2H])([2H])OC([2H])([2H])C3([2H])[2H])CC1([2H])[2H])C(C[2H])(C[2H])c1[nH]c3cc(C#N)ccc3c1C2=O. The van der Waals surface area contributed by atoms with Gasteiger partial charge in [-0.3, -0.25) is 9.69 Å². The summed E-state index contributed by atoms with van der Waals surface area (Å²) in [7, 11) is 0. The zero-order valence-electron chi connectivity index (χ0n) is 36.2. The maximum atomic E-state index is 14.3. The molecule has 6 rings (SSSR count). The largest absolute Gasteiger partial charge is 0.379 e. The lowest BCUT2D eigenvalue weighted by Crippen LogP contribution is -2.49. The Hall–Kier alpha value is -3.14. The molecule has 186 valence electrons. The van der Waals surface area contributed by atoms with Crippen LogP contribution in [0.25, 0.3) is 10.9 Å². The van der Waals surface area contributed by atoms with Gasteiger partial charge in [0.1, 0.15) is 0 Å². The average Bonchev–Trinajstić information content (AvgIpc) is 3.42. The molecular weight excluding hydrogens is 448 g/mol. The summed E-state index contributed by atoms with van der Waals surface area (Å²) in [5.41, 5.74) is -1.94. The minimum Gasteiger partial charge on any atom is -0.379 e. The minimum absolute atomic E-state index is 0.0254. The number of piperidine rings is 1. The number of fused-ring (bicyclic) bond motifs is 4. The number of aromatic nitrogens is 1. The van der Waals surface area contributed by atoms with E-state index in [9.17, 15) is 10.1 Å². The van der Waals surface area contributed by atoms with Gasteiger partial charge in [0.25, 0.3) is 0 Å². The van der Waals surface area contributed by atoms with Crippen molar-refractivity contribution in [2.24, 2.45) is 0 Å². The van der Waals surface area contributed by atoms with E-state index in [1.807, 2.05) is 6.07 Å². The van der Waals surface area contributed by atoms with Gasteiger partial charge in [-0.2, -0.15) is 5.26 Å². The fourth-order valence-electron chi connectivity index (χ4n) is 4.88. The predicted octanol–water partition coefficient (Wildman–Crippen LogP) is 4.77. The number of nitrogens with zero attached hydrogens (tertiary/aromatic N) is 3. The molecule has 36 heavy (non-hydrogen) atoms. The quantitative estimate of drug-likeness (QED) is 0.562. The van der Waals surface area contributed by atoms with Crippen LogP contribution in [0.1, 0.15) is 95.1 Å². The third kappa shape index (κ3) is 3.56. The van der Waals surface area contributed by atoms with Crippen LogP contribution >= 0.6 is 0 Å². The van der Waals surface area contributed by atoms with Gasteiger partial charge >= 0.3 is 0 Å². The number of hydrogen-bond donors (Lipinski definition) is 1. The Balaban J connectivity index is 1.57. The lowest BCUT2D eigenvalue weighted by atomic mass is 9.70. The number of anilines is 1. The summed E-state index contributed by atoms with van der Waals surface area (Å²) < 4.78 is 150. The molecule has 0 atom stereocenters. The molecule has 0 spiro atoms.